The van der Waals surface area contributed by atoms with Crippen LogP contribution >= 0.6 is 0 Å². The highest BCUT2D eigenvalue weighted by Crippen LogP contribution is 2.39. The lowest BCUT2D eigenvalue weighted by atomic mass is 9.95. The van der Waals surface area contributed by atoms with Crippen molar-refractivity contribution < 1.29 is 43.9 Å². The van der Waals surface area contributed by atoms with Crippen molar-refractivity contribution >= 4 is 17.9 Å². The molecule has 2 aliphatic heterocycles. The van der Waals surface area contributed by atoms with Crippen molar-refractivity contribution in [3.8, 4) is 0 Å². The van der Waals surface area contributed by atoms with Crippen LogP contribution in [0.1, 0.15) is 32.6 Å². The summed E-state index contributed by atoms with van der Waals surface area (Å²) in [4.78, 5) is 35.0. The fourth-order valence-electron chi connectivity index (χ4n) is 2.11. The number of rotatable bonds is 2. The molecule has 2 bridgehead atoms. The Labute approximate surface area is 113 Å². The number of esters is 3. The maximum absolute atomic E-state index is 11.8. The van der Waals surface area contributed by atoms with Crippen molar-refractivity contribution in [1.82, 2.24) is 0 Å². The molecule has 2 fully saturated rings. The SMILES string of the molecule is CCCC1(O)OC(=O)CC2(O)CC(=O)OC1(O)OC2=O. The van der Waals surface area contributed by atoms with Gasteiger partial charge in [0.1, 0.15) is 0 Å². The lowest BCUT2D eigenvalue weighted by molar-refractivity contribution is -0.445. The second-order valence-electron chi connectivity index (χ2n) is 4.84. The van der Waals surface area contributed by atoms with Gasteiger partial charge >= 0.3 is 29.7 Å². The fraction of sp³-hybridized carbons (Fsp3) is 0.727. The van der Waals surface area contributed by atoms with Gasteiger partial charge in [-0.05, 0) is 6.42 Å². The summed E-state index contributed by atoms with van der Waals surface area (Å²) < 4.78 is 13.6. The second-order valence-corrected chi connectivity index (χ2v) is 4.84. The molecular formula is C11H14O9. The van der Waals surface area contributed by atoms with Crippen molar-refractivity contribution in [2.75, 3.05) is 0 Å². The summed E-state index contributed by atoms with van der Waals surface area (Å²) in [5.41, 5.74) is -2.49. The molecule has 0 aliphatic carbocycles. The lowest BCUT2D eigenvalue weighted by Gasteiger charge is -2.40. The number of cyclic esters (lactones) is 1. The van der Waals surface area contributed by atoms with Gasteiger partial charge in [-0.15, -0.1) is 0 Å². The van der Waals surface area contributed by atoms with E-state index in [4.69, 9.17) is 0 Å². The van der Waals surface area contributed by atoms with Crippen molar-refractivity contribution in [2.45, 2.75) is 50.0 Å². The first-order valence-electron chi connectivity index (χ1n) is 5.98. The predicted molar refractivity (Wildman–Crippen MR) is 57.3 cm³/mol. The van der Waals surface area contributed by atoms with Gasteiger partial charge < -0.3 is 29.5 Å². The van der Waals surface area contributed by atoms with Gasteiger partial charge in [0, 0.05) is 6.42 Å². The summed E-state index contributed by atoms with van der Waals surface area (Å²) in [7, 11) is 0. The maximum atomic E-state index is 11.8. The summed E-state index contributed by atoms with van der Waals surface area (Å²) in [5, 5.41) is 30.3. The van der Waals surface area contributed by atoms with E-state index in [1.807, 2.05) is 0 Å². The van der Waals surface area contributed by atoms with Crippen LogP contribution in [0.4, 0.5) is 0 Å². The molecule has 0 aromatic rings. The first-order chi connectivity index (χ1) is 9.14. The van der Waals surface area contributed by atoms with Crippen LogP contribution in [0.25, 0.3) is 0 Å². The van der Waals surface area contributed by atoms with E-state index in [2.05, 4.69) is 14.2 Å². The van der Waals surface area contributed by atoms with E-state index in [0.717, 1.165) is 0 Å². The summed E-state index contributed by atoms with van der Waals surface area (Å²) >= 11 is 0. The van der Waals surface area contributed by atoms with E-state index >= 15 is 0 Å². The van der Waals surface area contributed by atoms with E-state index in [1.54, 1.807) is 6.92 Å². The van der Waals surface area contributed by atoms with Crippen LogP contribution in [0.3, 0.4) is 0 Å². The maximum Gasteiger partial charge on any atom is 0.443 e. The van der Waals surface area contributed by atoms with Gasteiger partial charge in [-0.25, -0.2) is 4.79 Å². The summed E-state index contributed by atoms with van der Waals surface area (Å²) in [6, 6.07) is 0. The molecule has 0 aromatic carbocycles. The predicted octanol–water partition coefficient (Wildman–Crippen LogP) is -1.71. The van der Waals surface area contributed by atoms with Gasteiger partial charge in [0.05, 0.1) is 12.8 Å². The van der Waals surface area contributed by atoms with Gasteiger partial charge in [0.25, 0.3) is 0 Å². The molecule has 0 saturated carbocycles. The third kappa shape index (κ3) is 2.13. The highest BCUT2D eigenvalue weighted by atomic mass is 16.9. The minimum absolute atomic E-state index is 0.214. The van der Waals surface area contributed by atoms with Crippen LogP contribution in [-0.4, -0.2) is 50.6 Å². The lowest BCUT2D eigenvalue weighted by Crippen LogP contribution is -2.63. The number of hydrogen-bond donors (Lipinski definition) is 3. The Morgan fingerprint density at radius 1 is 1.00 bits per heavy atom. The first kappa shape index (κ1) is 14.7. The molecule has 2 saturated heterocycles. The van der Waals surface area contributed by atoms with Crippen molar-refractivity contribution in [3.05, 3.63) is 0 Å². The Hall–Kier alpha value is -1.71. The van der Waals surface area contributed by atoms with Crippen LogP contribution in [0, 0.1) is 0 Å². The van der Waals surface area contributed by atoms with Crippen molar-refractivity contribution in [3.63, 3.8) is 0 Å². The zero-order valence-electron chi connectivity index (χ0n) is 10.6. The van der Waals surface area contributed by atoms with Crippen molar-refractivity contribution in [1.29, 1.82) is 0 Å². The van der Waals surface area contributed by atoms with Crippen molar-refractivity contribution in [2.24, 2.45) is 0 Å². The molecule has 3 unspecified atom stereocenters. The molecule has 0 radical (unpaired) electrons. The molecule has 2 aliphatic rings. The molecule has 20 heavy (non-hydrogen) atoms. The Kier molecular flexibility index (Phi) is 3.23. The number of carbonyl (C=O) groups excluding carboxylic acids is 3. The Balaban J connectivity index is 2.54. The minimum atomic E-state index is -3.20. The minimum Gasteiger partial charge on any atom is -0.422 e. The summed E-state index contributed by atoms with van der Waals surface area (Å²) in [6.45, 7) is 1.59. The molecule has 0 spiro atoms. The van der Waals surface area contributed by atoms with E-state index in [9.17, 15) is 29.7 Å². The van der Waals surface area contributed by atoms with Crippen LogP contribution in [-0.2, 0) is 28.6 Å². The number of aliphatic hydroxyl groups is 3. The third-order valence-corrected chi connectivity index (χ3v) is 3.10. The van der Waals surface area contributed by atoms with E-state index in [1.165, 1.54) is 0 Å². The number of fused-ring (bicyclic) bond motifs is 3. The van der Waals surface area contributed by atoms with Crippen LogP contribution in [0.2, 0.25) is 0 Å². The smallest absolute Gasteiger partial charge is 0.422 e. The topological polar surface area (TPSA) is 140 Å². The summed E-state index contributed by atoms with van der Waals surface area (Å²) in [6.07, 6.45) is -1.94. The average Bonchev–Trinajstić information content (AvgIpc) is 2.32. The average molecular weight is 290 g/mol. The Bertz CT molecular complexity index is 475. The highest BCUT2D eigenvalue weighted by molar-refractivity contribution is 5.92. The van der Waals surface area contributed by atoms with Crippen LogP contribution in [0.5, 0.6) is 0 Å². The van der Waals surface area contributed by atoms with Gasteiger partial charge in [-0.2, -0.15) is 0 Å². The normalized spacial score (nSPS) is 41.1. The quantitative estimate of drug-likeness (QED) is 0.507. The van der Waals surface area contributed by atoms with Gasteiger partial charge in [0.15, 0.2) is 5.60 Å². The monoisotopic (exact) mass is 290 g/mol. The molecule has 9 nitrogen and oxygen atoms in total. The summed E-state index contributed by atoms with van der Waals surface area (Å²) in [5.74, 6) is -9.77. The molecule has 3 atom stereocenters. The standard InChI is InChI=1S/C11H14O9/c1-2-3-10(16)11(17)19-7(13)5-9(15,8(14)20-11)4-6(12)18-10/h15-17H,2-5H2,1H3. The molecule has 2 heterocycles. The van der Waals surface area contributed by atoms with Crippen LogP contribution < -0.4 is 0 Å². The third-order valence-electron chi connectivity index (χ3n) is 3.10. The molecule has 2 rings (SSSR count). The van der Waals surface area contributed by atoms with Crippen LogP contribution in [0.15, 0.2) is 0 Å². The van der Waals surface area contributed by atoms with E-state index in [0.29, 0.717) is 0 Å². The number of hydrogen-bond acceptors (Lipinski definition) is 9. The zero-order valence-corrected chi connectivity index (χ0v) is 10.6. The molecule has 3 N–H and O–H groups in total. The van der Waals surface area contributed by atoms with E-state index in [-0.39, 0.29) is 12.8 Å². The molecule has 9 heteroatoms. The molecule has 0 aromatic heterocycles. The zero-order chi connectivity index (χ0) is 15.2. The van der Waals surface area contributed by atoms with Gasteiger partial charge in [-0.3, -0.25) is 9.59 Å². The number of carbonyl (C=O) groups is 3. The van der Waals surface area contributed by atoms with Gasteiger partial charge in [-0.1, -0.05) is 6.92 Å². The highest BCUT2D eigenvalue weighted by Gasteiger charge is 2.66. The van der Waals surface area contributed by atoms with Gasteiger partial charge in [0.2, 0.25) is 0 Å². The second kappa shape index (κ2) is 4.40. The molecule has 112 valence electrons. The molecule has 0 amide bonds. The Morgan fingerprint density at radius 2 is 1.55 bits per heavy atom. The largest absolute Gasteiger partial charge is 0.443 e. The number of ether oxygens (including phenoxy) is 3. The van der Waals surface area contributed by atoms with E-state index < -0.39 is 48.1 Å². The Morgan fingerprint density at radius 3 is 2.10 bits per heavy atom. The fourth-order valence-corrected chi connectivity index (χ4v) is 2.11. The first-order valence-corrected chi connectivity index (χ1v) is 5.98. The molecular weight excluding hydrogens is 276 g/mol.